The molecule has 2 aromatic heterocycles. The molecule has 2 unspecified atom stereocenters. The predicted octanol–water partition coefficient (Wildman–Crippen LogP) is 3.64. The topological polar surface area (TPSA) is 103 Å². The Bertz CT molecular complexity index is 1150. The van der Waals surface area contributed by atoms with Crippen LogP contribution >= 0.6 is 11.3 Å². The summed E-state index contributed by atoms with van der Waals surface area (Å²) in [6.07, 6.45) is 0.251. The SMILES string of the molecule is CC(OC(=O)C1CCCN(S(=O)(=O)c2ccc(F)cc2)C1)c1nnc(-c2cccs2)o1. The molecule has 1 saturated heterocycles. The fraction of sp³-hybridized carbons (Fsp3) is 0.350. The Labute approximate surface area is 182 Å². The lowest BCUT2D eigenvalue weighted by atomic mass is 10.00. The third kappa shape index (κ3) is 4.68. The number of piperidine rings is 1. The summed E-state index contributed by atoms with van der Waals surface area (Å²) in [6.45, 7) is 1.90. The summed E-state index contributed by atoms with van der Waals surface area (Å²) < 4.78 is 51.2. The van der Waals surface area contributed by atoms with Gasteiger partial charge < -0.3 is 9.15 Å². The van der Waals surface area contributed by atoms with Gasteiger partial charge in [0.15, 0.2) is 6.10 Å². The molecule has 0 radical (unpaired) electrons. The molecule has 1 fully saturated rings. The van der Waals surface area contributed by atoms with E-state index in [2.05, 4.69) is 10.2 Å². The number of aromatic nitrogens is 2. The van der Waals surface area contributed by atoms with E-state index in [1.54, 1.807) is 6.92 Å². The second kappa shape index (κ2) is 8.85. The van der Waals surface area contributed by atoms with Crippen LogP contribution in [0.3, 0.4) is 0 Å². The van der Waals surface area contributed by atoms with Crippen molar-refractivity contribution in [3.63, 3.8) is 0 Å². The van der Waals surface area contributed by atoms with E-state index in [-0.39, 0.29) is 23.9 Å². The molecule has 4 rings (SSSR count). The largest absolute Gasteiger partial charge is 0.452 e. The van der Waals surface area contributed by atoms with Gasteiger partial charge in [0.1, 0.15) is 5.82 Å². The van der Waals surface area contributed by atoms with Gasteiger partial charge in [-0.2, -0.15) is 4.31 Å². The van der Waals surface area contributed by atoms with Crippen LogP contribution in [0.15, 0.2) is 51.1 Å². The van der Waals surface area contributed by atoms with Gasteiger partial charge in [-0.1, -0.05) is 6.07 Å². The Morgan fingerprint density at radius 1 is 1.29 bits per heavy atom. The first-order chi connectivity index (χ1) is 14.8. The lowest BCUT2D eigenvalue weighted by Gasteiger charge is -2.31. The maximum atomic E-state index is 13.1. The first kappa shape index (κ1) is 21.6. The minimum absolute atomic E-state index is 0.00442. The second-order valence-corrected chi connectivity index (χ2v) is 10.0. The van der Waals surface area contributed by atoms with Crippen molar-refractivity contribution in [1.29, 1.82) is 0 Å². The van der Waals surface area contributed by atoms with E-state index in [0.29, 0.717) is 18.7 Å². The van der Waals surface area contributed by atoms with E-state index >= 15 is 0 Å². The zero-order valence-corrected chi connectivity index (χ0v) is 18.2. The highest BCUT2D eigenvalue weighted by molar-refractivity contribution is 7.89. The third-order valence-electron chi connectivity index (χ3n) is 4.98. The van der Waals surface area contributed by atoms with Crippen LogP contribution in [0.1, 0.15) is 31.8 Å². The molecule has 11 heteroatoms. The van der Waals surface area contributed by atoms with Crippen molar-refractivity contribution in [3.05, 3.63) is 53.5 Å². The van der Waals surface area contributed by atoms with Gasteiger partial charge >= 0.3 is 5.97 Å². The van der Waals surface area contributed by atoms with Crippen LogP contribution in [0.25, 0.3) is 10.8 Å². The zero-order valence-electron chi connectivity index (χ0n) is 16.6. The monoisotopic (exact) mass is 465 g/mol. The Morgan fingerprint density at radius 3 is 2.77 bits per heavy atom. The average molecular weight is 466 g/mol. The van der Waals surface area contributed by atoms with Gasteiger partial charge in [-0.25, -0.2) is 12.8 Å². The number of sulfonamides is 1. The number of rotatable bonds is 6. The van der Waals surface area contributed by atoms with Crippen molar-refractivity contribution in [2.24, 2.45) is 5.92 Å². The van der Waals surface area contributed by atoms with Crippen molar-refractivity contribution in [2.75, 3.05) is 13.1 Å². The highest BCUT2D eigenvalue weighted by atomic mass is 32.2. The van der Waals surface area contributed by atoms with Crippen LogP contribution in [0.4, 0.5) is 4.39 Å². The standard InChI is InChI=1S/C20H20FN3O5S2/c1-13(18-22-23-19(29-18)17-5-3-11-30-17)28-20(25)14-4-2-10-24(12-14)31(26,27)16-8-6-15(21)7-9-16/h3,5-9,11,13-14H,2,4,10,12H2,1H3. The third-order valence-corrected chi connectivity index (χ3v) is 7.72. The summed E-state index contributed by atoms with van der Waals surface area (Å²) in [5.74, 6) is -1.14. The molecule has 0 bridgehead atoms. The Hall–Kier alpha value is -2.63. The lowest BCUT2D eigenvalue weighted by molar-refractivity contribution is -0.156. The Balaban J connectivity index is 1.41. The molecule has 1 aliphatic heterocycles. The molecule has 3 heterocycles. The number of hydrogen-bond acceptors (Lipinski definition) is 8. The van der Waals surface area contributed by atoms with Gasteiger partial charge in [0.25, 0.3) is 11.8 Å². The molecular weight excluding hydrogens is 445 g/mol. The average Bonchev–Trinajstić information content (AvgIpc) is 3.46. The number of nitrogens with zero attached hydrogens (tertiary/aromatic N) is 3. The van der Waals surface area contributed by atoms with Crippen LogP contribution < -0.4 is 0 Å². The molecule has 3 aromatic rings. The summed E-state index contributed by atoms with van der Waals surface area (Å²) in [4.78, 5) is 13.5. The smallest absolute Gasteiger partial charge is 0.311 e. The van der Waals surface area contributed by atoms with E-state index in [1.807, 2.05) is 17.5 Å². The predicted molar refractivity (Wildman–Crippen MR) is 110 cm³/mol. The van der Waals surface area contributed by atoms with Gasteiger partial charge in [-0.3, -0.25) is 4.79 Å². The van der Waals surface area contributed by atoms with Crippen LogP contribution in [0.2, 0.25) is 0 Å². The van der Waals surface area contributed by atoms with Crippen molar-refractivity contribution in [3.8, 4) is 10.8 Å². The summed E-state index contributed by atoms with van der Waals surface area (Å²) in [5.41, 5.74) is 0. The molecule has 0 N–H and O–H groups in total. The van der Waals surface area contributed by atoms with Crippen molar-refractivity contribution in [1.82, 2.24) is 14.5 Å². The van der Waals surface area contributed by atoms with Crippen molar-refractivity contribution >= 4 is 27.3 Å². The molecule has 0 amide bonds. The molecule has 0 aliphatic carbocycles. The first-order valence-electron chi connectivity index (χ1n) is 9.68. The summed E-state index contributed by atoms with van der Waals surface area (Å²) >= 11 is 1.45. The Kier molecular flexibility index (Phi) is 6.17. The maximum Gasteiger partial charge on any atom is 0.311 e. The van der Waals surface area contributed by atoms with Crippen molar-refractivity contribution < 1.29 is 26.8 Å². The molecule has 8 nitrogen and oxygen atoms in total. The summed E-state index contributed by atoms with van der Waals surface area (Å²) in [7, 11) is -3.83. The number of halogens is 1. The van der Waals surface area contributed by atoms with Gasteiger partial charge in [-0.05, 0) is 55.5 Å². The van der Waals surface area contributed by atoms with Gasteiger partial charge in [0, 0.05) is 13.1 Å². The minimum Gasteiger partial charge on any atom is -0.452 e. The number of thiophene rings is 1. The van der Waals surface area contributed by atoms with Crippen LogP contribution in [-0.2, 0) is 19.6 Å². The van der Waals surface area contributed by atoms with Crippen molar-refractivity contribution in [2.45, 2.75) is 30.8 Å². The minimum atomic E-state index is -3.83. The first-order valence-corrected chi connectivity index (χ1v) is 12.0. The fourth-order valence-electron chi connectivity index (χ4n) is 3.33. The van der Waals surface area contributed by atoms with E-state index in [9.17, 15) is 17.6 Å². The van der Waals surface area contributed by atoms with E-state index < -0.39 is 33.8 Å². The van der Waals surface area contributed by atoms with E-state index in [4.69, 9.17) is 9.15 Å². The molecule has 2 atom stereocenters. The number of carbonyl (C=O) groups is 1. The molecular formula is C20H20FN3O5S2. The molecule has 164 valence electrons. The summed E-state index contributed by atoms with van der Waals surface area (Å²) in [6, 6.07) is 8.34. The zero-order chi connectivity index (χ0) is 22.0. The quantitative estimate of drug-likeness (QED) is 0.512. The molecule has 0 saturated carbocycles. The van der Waals surface area contributed by atoms with Gasteiger partial charge in [0.05, 0.1) is 15.7 Å². The molecule has 1 aliphatic rings. The molecule has 1 aromatic carbocycles. The number of esters is 1. The van der Waals surface area contributed by atoms with Gasteiger partial charge in [-0.15, -0.1) is 21.5 Å². The normalized spacial score (nSPS) is 18.6. The highest BCUT2D eigenvalue weighted by Crippen LogP contribution is 2.28. The van der Waals surface area contributed by atoms with E-state index in [1.165, 1.54) is 27.8 Å². The number of hydrogen-bond donors (Lipinski definition) is 0. The summed E-state index contributed by atoms with van der Waals surface area (Å²) in [5, 5.41) is 9.81. The van der Waals surface area contributed by atoms with E-state index in [0.717, 1.165) is 17.0 Å². The molecule has 0 spiro atoms. The van der Waals surface area contributed by atoms with Crippen LogP contribution in [0, 0.1) is 11.7 Å². The maximum absolute atomic E-state index is 13.1. The number of ether oxygens (including phenoxy) is 1. The van der Waals surface area contributed by atoms with Gasteiger partial charge in [0.2, 0.25) is 10.0 Å². The molecule has 31 heavy (non-hydrogen) atoms. The lowest BCUT2D eigenvalue weighted by Crippen LogP contribution is -2.42. The second-order valence-electron chi connectivity index (χ2n) is 7.16. The number of carbonyl (C=O) groups excluding carboxylic acids is 1. The highest BCUT2D eigenvalue weighted by Gasteiger charge is 2.35. The fourth-order valence-corrected chi connectivity index (χ4v) is 5.50. The number of benzene rings is 1. The van der Waals surface area contributed by atoms with Crippen LogP contribution in [-0.4, -0.2) is 42.0 Å². The Morgan fingerprint density at radius 2 is 2.06 bits per heavy atom. The van der Waals surface area contributed by atoms with Crippen LogP contribution in [0.5, 0.6) is 0 Å².